The Morgan fingerprint density at radius 2 is 1.97 bits per heavy atom. The van der Waals surface area contributed by atoms with Gasteiger partial charge in [-0.25, -0.2) is 18.2 Å². The summed E-state index contributed by atoms with van der Waals surface area (Å²) in [6, 6.07) is 4.50. The highest BCUT2D eigenvalue weighted by atomic mass is 19.4. The molecule has 0 amide bonds. The summed E-state index contributed by atoms with van der Waals surface area (Å²) in [5.74, 6) is -3.81. The van der Waals surface area contributed by atoms with Crippen LogP contribution in [-0.2, 0) is 6.54 Å². The molecule has 1 saturated carbocycles. The highest BCUT2D eigenvalue weighted by Crippen LogP contribution is 2.60. The Bertz CT molecular complexity index is 1300. The van der Waals surface area contributed by atoms with Crippen LogP contribution in [0.4, 0.5) is 26.3 Å². The van der Waals surface area contributed by atoms with Gasteiger partial charge in [-0.15, -0.1) is 0 Å². The first kappa shape index (κ1) is 25.7. The normalized spacial score (nSPS) is 21.2. The number of H-pyrrole nitrogens is 1. The van der Waals surface area contributed by atoms with Crippen LogP contribution in [0.3, 0.4) is 0 Å². The van der Waals surface area contributed by atoms with Crippen molar-refractivity contribution in [3.63, 3.8) is 0 Å². The molecule has 5 nitrogen and oxygen atoms in total. The molecule has 1 N–H and O–H groups in total. The number of methoxy groups -OCH3 is 1. The zero-order valence-corrected chi connectivity index (χ0v) is 20.4. The first-order valence-corrected chi connectivity index (χ1v) is 12.0. The molecule has 200 valence electrons. The molecule has 3 aromatic rings. The number of alkyl halides is 5. The Morgan fingerprint density at radius 1 is 1.22 bits per heavy atom. The number of hydrogen-bond donors (Lipinski definition) is 1. The lowest BCUT2D eigenvalue weighted by molar-refractivity contribution is -0.186. The van der Waals surface area contributed by atoms with Crippen molar-refractivity contribution < 1.29 is 35.8 Å². The second-order valence-electron chi connectivity index (χ2n) is 10.3. The molecule has 1 saturated heterocycles. The topological polar surface area (TPSA) is 50.4 Å². The van der Waals surface area contributed by atoms with E-state index in [4.69, 9.17) is 4.74 Å². The van der Waals surface area contributed by atoms with E-state index in [1.54, 1.807) is 7.11 Å². The smallest absolute Gasteiger partial charge is 0.422 e. The van der Waals surface area contributed by atoms with Gasteiger partial charge in [0, 0.05) is 54.3 Å². The molecule has 1 atom stereocenters. The maximum atomic E-state index is 14.8. The third kappa shape index (κ3) is 5.10. The molecule has 1 spiro atoms. The number of rotatable bonds is 6. The Hall–Kier alpha value is -2.95. The van der Waals surface area contributed by atoms with Gasteiger partial charge in [0.25, 0.3) is 5.88 Å². The third-order valence-corrected chi connectivity index (χ3v) is 7.54. The van der Waals surface area contributed by atoms with Gasteiger partial charge in [0.2, 0.25) is 5.92 Å². The molecular weight excluding hydrogens is 500 g/mol. The minimum absolute atomic E-state index is 0.233. The summed E-state index contributed by atoms with van der Waals surface area (Å²) >= 11 is 0. The van der Waals surface area contributed by atoms with Crippen molar-refractivity contribution in [3.05, 3.63) is 53.1 Å². The van der Waals surface area contributed by atoms with Crippen LogP contribution in [0, 0.1) is 18.2 Å². The lowest BCUT2D eigenvalue weighted by Gasteiger charge is -2.54. The van der Waals surface area contributed by atoms with Gasteiger partial charge in [0.05, 0.1) is 7.11 Å². The molecule has 11 heteroatoms. The van der Waals surface area contributed by atoms with Crippen molar-refractivity contribution in [1.29, 1.82) is 0 Å². The van der Waals surface area contributed by atoms with Crippen LogP contribution < -0.4 is 9.47 Å². The molecule has 1 aliphatic heterocycles. The highest BCUT2D eigenvalue weighted by Gasteiger charge is 2.58. The molecule has 2 fully saturated rings. The maximum absolute atomic E-state index is 14.8. The zero-order valence-electron chi connectivity index (χ0n) is 20.4. The van der Waals surface area contributed by atoms with Crippen molar-refractivity contribution in [2.45, 2.75) is 57.3 Å². The van der Waals surface area contributed by atoms with E-state index >= 15 is 0 Å². The number of nitrogens with zero attached hydrogens (tertiary/aromatic N) is 2. The average molecular weight is 528 g/mol. The van der Waals surface area contributed by atoms with Crippen LogP contribution in [0.2, 0.25) is 0 Å². The van der Waals surface area contributed by atoms with E-state index in [0.717, 1.165) is 28.1 Å². The summed E-state index contributed by atoms with van der Waals surface area (Å²) in [6.07, 6.45) is -1.07. The predicted octanol–water partition coefficient (Wildman–Crippen LogP) is 6.71. The molecule has 0 radical (unpaired) electrons. The first-order chi connectivity index (χ1) is 17.4. The summed E-state index contributed by atoms with van der Waals surface area (Å²) < 4.78 is 90.3. The van der Waals surface area contributed by atoms with Gasteiger partial charge >= 0.3 is 6.18 Å². The van der Waals surface area contributed by atoms with Crippen molar-refractivity contribution in [2.75, 3.05) is 20.3 Å². The van der Waals surface area contributed by atoms with E-state index in [-0.39, 0.29) is 12.8 Å². The number of ether oxygens (including phenoxy) is 2. The first-order valence-electron chi connectivity index (χ1n) is 12.0. The van der Waals surface area contributed by atoms with Gasteiger partial charge in [-0.2, -0.15) is 13.2 Å². The van der Waals surface area contributed by atoms with Gasteiger partial charge in [0.1, 0.15) is 5.75 Å². The van der Waals surface area contributed by atoms with Gasteiger partial charge in [-0.3, -0.25) is 4.90 Å². The van der Waals surface area contributed by atoms with Crippen LogP contribution in [0.1, 0.15) is 48.4 Å². The number of aryl methyl sites for hydroxylation is 1. The average Bonchev–Trinajstić information content (AvgIpc) is 3.30. The van der Waals surface area contributed by atoms with Gasteiger partial charge in [0.15, 0.2) is 12.4 Å². The number of hydrogen-bond acceptors (Lipinski definition) is 4. The molecule has 0 unspecified atom stereocenters. The van der Waals surface area contributed by atoms with E-state index < -0.39 is 41.9 Å². The molecule has 0 bridgehead atoms. The minimum atomic E-state index is -4.63. The summed E-state index contributed by atoms with van der Waals surface area (Å²) in [6.45, 7) is 1.19. The van der Waals surface area contributed by atoms with Crippen LogP contribution >= 0.6 is 0 Å². The highest BCUT2D eigenvalue weighted by molar-refractivity contribution is 5.88. The predicted molar refractivity (Wildman–Crippen MR) is 124 cm³/mol. The number of pyridine rings is 1. The number of aromatic amines is 1. The van der Waals surface area contributed by atoms with E-state index in [1.807, 2.05) is 25.3 Å². The van der Waals surface area contributed by atoms with Crippen molar-refractivity contribution >= 4 is 10.9 Å². The second kappa shape index (κ2) is 9.11. The number of benzene rings is 1. The summed E-state index contributed by atoms with van der Waals surface area (Å²) in [7, 11) is 1.58. The Morgan fingerprint density at radius 3 is 2.62 bits per heavy atom. The van der Waals surface area contributed by atoms with Gasteiger partial charge < -0.3 is 14.5 Å². The Labute approximate surface area is 209 Å². The van der Waals surface area contributed by atoms with Crippen molar-refractivity contribution in [2.24, 2.45) is 5.41 Å². The number of aromatic nitrogens is 2. The second-order valence-corrected chi connectivity index (χ2v) is 10.3. The van der Waals surface area contributed by atoms with Crippen LogP contribution in [-0.4, -0.2) is 47.2 Å². The number of piperidine rings is 1. The molecule has 2 aliphatic rings. The van der Waals surface area contributed by atoms with Crippen molar-refractivity contribution in [3.8, 4) is 11.6 Å². The van der Waals surface area contributed by atoms with Crippen LogP contribution in [0.25, 0.3) is 10.9 Å². The molecule has 5 rings (SSSR count). The largest absolute Gasteiger partial charge is 0.496 e. The molecule has 1 aromatic carbocycles. The minimum Gasteiger partial charge on any atom is -0.496 e. The SMILES string of the molecule is COc1cc(C)c2[nH]ccc2c1CN1CCC2(C[C@H]1c1cnc(OCC(F)(F)F)c(F)c1)CC(F)(F)C2. The Kier molecular flexibility index (Phi) is 6.32. The number of likely N-dealkylation sites (tertiary alicyclic amines) is 1. The summed E-state index contributed by atoms with van der Waals surface area (Å²) in [5.41, 5.74) is 2.70. The zero-order chi connectivity index (χ0) is 26.6. The molecule has 2 aromatic heterocycles. The van der Waals surface area contributed by atoms with Gasteiger partial charge in [-0.05, 0) is 61.1 Å². The molecule has 37 heavy (non-hydrogen) atoms. The van der Waals surface area contributed by atoms with Gasteiger partial charge in [-0.1, -0.05) is 0 Å². The quantitative estimate of drug-likeness (QED) is 0.362. The van der Waals surface area contributed by atoms with Crippen LogP contribution in [0.5, 0.6) is 11.6 Å². The molecular formula is C26H27F6N3O2. The fourth-order valence-corrected chi connectivity index (χ4v) is 5.93. The van der Waals surface area contributed by atoms with E-state index in [1.165, 1.54) is 6.20 Å². The maximum Gasteiger partial charge on any atom is 0.422 e. The fraction of sp³-hybridized carbons (Fsp3) is 0.500. The monoisotopic (exact) mass is 527 g/mol. The third-order valence-electron chi connectivity index (χ3n) is 7.54. The number of fused-ring (bicyclic) bond motifs is 1. The number of nitrogens with one attached hydrogen (secondary N) is 1. The summed E-state index contributed by atoms with van der Waals surface area (Å²) in [4.78, 5) is 9.11. The number of halogens is 6. The fourth-order valence-electron chi connectivity index (χ4n) is 5.93. The van der Waals surface area contributed by atoms with E-state index in [9.17, 15) is 26.3 Å². The van der Waals surface area contributed by atoms with E-state index in [0.29, 0.717) is 37.2 Å². The molecule has 3 heterocycles. The van der Waals surface area contributed by atoms with Crippen LogP contribution in [0.15, 0.2) is 30.6 Å². The Balaban J connectivity index is 1.47. The van der Waals surface area contributed by atoms with E-state index in [2.05, 4.69) is 19.6 Å². The van der Waals surface area contributed by atoms with Crippen molar-refractivity contribution in [1.82, 2.24) is 14.9 Å². The lowest BCUT2D eigenvalue weighted by atomic mass is 9.59. The summed E-state index contributed by atoms with van der Waals surface area (Å²) in [5, 5.41) is 0.964. The lowest BCUT2D eigenvalue weighted by Crippen LogP contribution is -2.53. The molecule has 1 aliphatic carbocycles. The standard InChI is InChI=1S/C26H27F6N3O2/c1-15-7-21(36-2)18(17-3-5-33-22(15)17)11-35-6-4-24(12-25(28,29)13-24)9-20(35)16-8-19(27)23(34-10-16)37-14-26(30,31)32/h3,5,7-8,10,20,33H,4,6,9,11-14H2,1-2H3/t20-/m0/s1.